The molecule has 0 saturated carbocycles. The second-order valence-corrected chi connectivity index (χ2v) is 14.0. The summed E-state index contributed by atoms with van der Waals surface area (Å²) in [5, 5.41) is 0. The van der Waals surface area contributed by atoms with Crippen molar-refractivity contribution in [2.24, 2.45) is 11.5 Å². The van der Waals surface area contributed by atoms with E-state index in [1.54, 1.807) is 0 Å². The highest BCUT2D eigenvalue weighted by Crippen LogP contribution is 2.24. The molecule has 0 aromatic heterocycles. The fourth-order valence-electron chi connectivity index (χ4n) is 6.71. The van der Waals surface area contributed by atoms with E-state index in [0.717, 1.165) is 13.0 Å². The number of hydrogen-bond donors (Lipinski definition) is 2. The van der Waals surface area contributed by atoms with E-state index in [9.17, 15) is 0 Å². The lowest BCUT2D eigenvalue weighted by Gasteiger charge is -2.29. The molecule has 41 heavy (non-hydrogen) atoms. The third-order valence-corrected chi connectivity index (χ3v) is 9.70. The third kappa shape index (κ3) is 32.7. The summed E-state index contributed by atoms with van der Waals surface area (Å²) in [5.74, 6) is 0. The molecule has 0 aliphatic carbocycles. The van der Waals surface area contributed by atoms with Gasteiger partial charge in [-0.3, -0.25) is 0 Å². The van der Waals surface area contributed by atoms with Gasteiger partial charge in [-0.25, -0.2) is 0 Å². The van der Waals surface area contributed by atoms with Gasteiger partial charge in [-0.2, -0.15) is 0 Å². The highest BCUT2D eigenvalue weighted by Gasteiger charge is 2.22. The molecule has 0 aliphatic heterocycles. The zero-order valence-electron chi connectivity index (χ0n) is 29.1. The van der Waals surface area contributed by atoms with Gasteiger partial charge in [-0.05, 0) is 25.8 Å². The van der Waals surface area contributed by atoms with Crippen molar-refractivity contribution in [3.05, 3.63) is 0 Å². The molecular formula is C39H82N2. The van der Waals surface area contributed by atoms with Crippen LogP contribution >= 0.6 is 0 Å². The van der Waals surface area contributed by atoms with Crippen LogP contribution in [-0.2, 0) is 0 Å². The SMILES string of the molecule is CCCCCCCCCCCCCCCCCCC(N)(CCN)CCCCCCCCCCCCCCCCCC. The first-order valence-corrected chi connectivity index (χ1v) is 19.7. The Kier molecular flexibility index (Phi) is 34.3. The number of hydrogen-bond acceptors (Lipinski definition) is 2. The second-order valence-electron chi connectivity index (χ2n) is 14.0. The fourth-order valence-corrected chi connectivity index (χ4v) is 6.71. The molecule has 0 fully saturated rings. The van der Waals surface area contributed by atoms with Crippen molar-refractivity contribution in [2.75, 3.05) is 6.54 Å². The Hall–Kier alpha value is -0.0800. The molecule has 4 N–H and O–H groups in total. The second kappa shape index (κ2) is 34.4. The van der Waals surface area contributed by atoms with Crippen molar-refractivity contribution >= 4 is 0 Å². The molecule has 248 valence electrons. The summed E-state index contributed by atoms with van der Waals surface area (Å²) in [5.41, 5.74) is 12.8. The summed E-state index contributed by atoms with van der Waals surface area (Å²) in [7, 11) is 0. The summed E-state index contributed by atoms with van der Waals surface area (Å²) in [4.78, 5) is 0. The van der Waals surface area contributed by atoms with Crippen LogP contribution in [0.1, 0.15) is 239 Å². The molecule has 0 amide bonds. The lowest BCUT2D eigenvalue weighted by atomic mass is 9.84. The van der Waals surface area contributed by atoms with Crippen LogP contribution in [0.15, 0.2) is 0 Å². The molecule has 0 unspecified atom stereocenters. The van der Waals surface area contributed by atoms with E-state index in [1.165, 1.54) is 218 Å². The Morgan fingerprint density at radius 1 is 0.293 bits per heavy atom. The first-order chi connectivity index (χ1) is 20.2. The van der Waals surface area contributed by atoms with E-state index >= 15 is 0 Å². The molecule has 0 atom stereocenters. The van der Waals surface area contributed by atoms with Crippen molar-refractivity contribution in [3.63, 3.8) is 0 Å². The van der Waals surface area contributed by atoms with Crippen LogP contribution < -0.4 is 11.5 Å². The Bertz CT molecular complexity index is 426. The molecule has 2 heteroatoms. The van der Waals surface area contributed by atoms with E-state index in [2.05, 4.69) is 13.8 Å². The molecule has 0 aliphatic rings. The van der Waals surface area contributed by atoms with Gasteiger partial charge in [0.25, 0.3) is 0 Å². The molecule has 0 saturated heterocycles. The summed E-state index contributed by atoms with van der Waals surface area (Å²) < 4.78 is 0. The van der Waals surface area contributed by atoms with Crippen molar-refractivity contribution < 1.29 is 0 Å². The van der Waals surface area contributed by atoms with E-state index in [0.29, 0.717) is 0 Å². The van der Waals surface area contributed by atoms with Gasteiger partial charge >= 0.3 is 0 Å². The predicted octanol–water partition coefficient (Wildman–Crippen LogP) is 13.3. The molecule has 0 aromatic carbocycles. The summed E-state index contributed by atoms with van der Waals surface area (Å²) in [6.07, 6.45) is 49.1. The molecule has 0 aromatic rings. The Morgan fingerprint density at radius 3 is 0.683 bits per heavy atom. The van der Waals surface area contributed by atoms with Gasteiger partial charge in [0.1, 0.15) is 0 Å². The summed E-state index contributed by atoms with van der Waals surface area (Å²) >= 11 is 0. The van der Waals surface area contributed by atoms with Gasteiger partial charge in [-0.1, -0.05) is 219 Å². The van der Waals surface area contributed by atoms with E-state index in [1.807, 2.05) is 0 Å². The van der Waals surface area contributed by atoms with Gasteiger partial charge in [-0.15, -0.1) is 0 Å². The molecule has 0 spiro atoms. The lowest BCUT2D eigenvalue weighted by Crippen LogP contribution is -2.41. The highest BCUT2D eigenvalue weighted by atomic mass is 14.7. The maximum Gasteiger partial charge on any atom is 0.0166 e. The van der Waals surface area contributed by atoms with Gasteiger partial charge in [0.05, 0.1) is 0 Å². The van der Waals surface area contributed by atoms with Crippen LogP contribution in [0.2, 0.25) is 0 Å². The van der Waals surface area contributed by atoms with Crippen LogP contribution in [0.25, 0.3) is 0 Å². The minimum atomic E-state index is 0.000746. The zero-order chi connectivity index (χ0) is 30.0. The molecule has 0 bridgehead atoms. The Labute approximate surface area is 261 Å². The zero-order valence-corrected chi connectivity index (χ0v) is 29.1. The molecule has 2 nitrogen and oxygen atoms in total. The minimum Gasteiger partial charge on any atom is -0.330 e. The summed E-state index contributed by atoms with van der Waals surface area (Å²) in [6.45, 7) is 5.35. The molecule has 0 heterocycles. The average molecular weight is 579 g/mol. The monoisotopic (exact) mass is 579 g/mol. The Balaban J connectivity index is 3.49. The van der Waals surface area contributed by atoms with E-state index < -0.39 is 0 Å². The largest absolute Gasteiger partial charge is 0.330 e. The van der Waals surface area contributed by atoms with Gasteiger partial charge < -0.3 is 11.5 Å². The van der Waals surface area contributed by atoms with Crippen LogP contribution in [0, 0.1) is 0 Å². The van der Waals surface area contributed by atoms with Crippen molar-refractivity contribution in [2.45, 2.75) is 244 Å². The third-order valence-electron chi connectivity index (χ3n) is 9.70. The highest BCUT2D eigenvalue weighted by molar-refractivity contribution is 4.84. The number of rotatable bonds is 36. The normalized spacial score (nSPS) is 12.0. The van der Waals surface area contributed by atoms with Gasteiger partial charge in [0.15, 0.2) is 0 Å². The van der Waals surface area contributed by atoms with Crippen LogP contribution in [0.3, 0.4) is 0 Å². The predicted molar refractivity (Wildman–Crippen MR) is 189 cm³/mol. The van der Waals surface area contributed by atoms with Crippen molar-refractivity contribution in [3.8, 4) is 0 Å². The van der Waals surface area contributed by atoms with Crippen molar-refractivity contribution in [1.29, 1.82) is 0 Å². The van der Waals surface area contributed by atoms with E-state index in [4.69, 9.17) is 11.5 Å². The Morgan fingerprint density at radius 2 is 0.488 bits per heavy atom. The van der Waals surface area contributed by atoms with Crippen LogP contribution in [0.4, 0.5) is 0 Å². The first kappa shape index (κ1) is 40.9. The number of unbranched alkanes of at least 4 members (excludes halogenated alkanes) is 30. The maximum absolute atomic E-state index is 6.85. The smallest absolute Gasteiger partial charge is 0.0166 e. The van der Waals surface area contributed by atoms with E-state index in [-0.39, 0.29) is 5.54 Å². The lowest BCUT2D eigenvalue weighted by molar-refractivity contribution is 0.317. The topological polar surface area (TPSA) is 52.0 Å². The first-order valence-electron chi connectivity index (χ1n) is 19.7. The minimum absolute atomic E-state index is 0.000746. The summed E-state index contributed by atoms with van der Waals surface area (Å²) in [6, 6.07) is 0. The van der Waals surface area contributed by atoms with Gasteiger partial charge in [0, 0.05) is 5.54 Å². The molecule has 0 rings (SSSR count). The molecule has 0 radical (unpaired) electrons. The van der Waals surface area contributed by atoms with Gasteiger partial charge in [0.2, 0.25) is 0 Å². The quantitative estimate of drug-likeness (QED) is 0.0726. The standard InChI is InChI=1S/C39H82N2/c1-3-5-7-9-11-13-15-17-19-21-23-25-27-29-31-33-35-39(41,37-38-40)36-34-32-30-28-26-24-22-20-18-16-14-12-10-8-6-4-2/h3-38,40-41H2,1-2H3. The average Bonchev–Trinajstić information content (AvgIpc) is 2.97. The number of nitrogens with two attached hydrogens (primary N) is 2. The molecular weight excluding hydrogens is 496 g/mol. The van der Waals surface area contributed by atoms with Crippen LogP contribution in [0.5, 0.6) is 0 Å². The van der Waals surface area contributed by atoms with Crippen LogP contribution in [-0.4, -0.2) is 12.1 Å². The fraction of sp³-hybridized carbons (Fsp3) is 1.00. The van der Waals surface area contributed by atoms with Crippen molar-refractivity contribution in [1.82, 2.24) is 0 Å². The maximum atomic E-state index is 6.85.